The molecule has 4 aromatic rings. The maximum Gasteiger partial charge on any atom is 0.331 e. The minimum atomic E-state index is -0.326. The first-order valence-corrected chi connectivity index (χ1v) is 12.1. The lowest BCUT2D eigenvalue weighted by molar-refractivity contribution is -0.116. The number of carbonyl (C=O) groups excluding carboxylic acids is 1. The van der Waals surface area contributed by atoms with E-state index in [0.717, 1.165) is 17.7 Å². The number of anilines is 1. The zero-order valence-electron chi connectivity index (χ0n) is 18.0. The molecule has 0 aliphatic heterocycles. The van der Waals surface area contributed by atoms with Crippen LogP contribution in [0, 0.1) is 0 Å². The zero-order chi connectivity index (χ0) is 23.2. The number of nitrogens with zero attached hydrogens (tertiary/aromatic N) is 2. The molecular weight excluding hydrogens is 458 g/mol. The molecule has 0 bridgehead atoms. The standard InChI is InChI=1S/C25H24ClN3O3S/c26-19-9-7-8-18(16-19)17-29-21-13-15-33-23(21)24(31)28(25(29)32)14-6-2-5-12-22(30)27-20-10-3-1-4-11-20/h1,3-4,7-11,13,15-16H,2,5-6,12,14,17H2,(H,27,30). The number of hydrogen-bond acceptors (Lipinski definition) is 4. The van der Waals surface area contributed by atoms with Crippen LogP contribution in [0.1, 0.15) is 31.2 Å². The molecule has 2 aromatic carbocycles. The van der Waals surface area contributed by atoms with E-state index in [1.54, 1.807) is 10.6 Å². The summed E-state index contributed by atoms with van der Waals surface area (Å²) in [7, 11) is 0. The first-order valence-electron chi connectivity index (χ1n) is 10.8. The number of unbranched alkanes of at least 4 members (excludes halogenated alkanes) is 2. The number of fused-ring (bicyclic) bond motifs is 1. The van der Waals surface area contributed by atoms with Gasteiger partial charge in [0.2, 0.25) is 5.91 Å². The van der Waals surface area contributed by atoms with Crippen LogP contribution in [0.3, 0.4) is 0 Å². The van der Waals surface area contributed by atoms with Gasteiger partial charge in [-0.15, -0.1) is 11.3 Å². The minimum absolute atomic E-state index is 0.0396. The van der Waals surface area contributed by atoms with E-state index in [4.69, 9.17) is 11.6 Å². The molecule has 0 aliphatic rings. The number of aromatic nitrogens is 2. The molecule has 0 saturated carbocycles. The Hall–Kier alpha value is -3.16. The Balaban J connectivity index is 1.42. The molecule has 0 spiro atoms. The monoisotopic (exact) mass is 481 g/mol. The number of amides is 1. The average molecular weight is 482 g/mol. The predicted molar refractivity (Wildman–Crippen MR) is 134 cm³/mol. The van der Waals surface area contributed by atoms with Crippen LogP contribution in [0.2, 0.25) is 5.02 Å². The molecular formula is C25H24ClN3O3S. The second-order valence-corrected chi connectivity index (χ2v) is 9.17. The summed E-state index contributed by atoms with van der Waals surface area (Å²) in [6, 6.07) is 18.5. The molecule has 0 aliphatic carbocycles. The van der Waals surface area contributed by atoms with Crippen LogP contribution in [0.4, 0.5) is 5.69 Å². The SMILES string of the molecule is O=C(CCCCCn1c(=O)c2sccc2n(Cc2cccc(Cl)c2)c1=O)Nc1ccccc1. The second-order valence-electron chi connectivity index (χ2n) is 7.82. The number of para-hydroxylation sites is 1. The van der Waals surface area contributed by atoms with Gasteiger partial charge in [0.05, 0.1) is 12.1 Å². The highest BCUT2D eigenvalue weighted by Crippen LogP contribution is 2.18. The highest BCUT2D eigenvalue weighted by molar-refractivity contribution is 7.17. The van der Waals surface area contributed by atoms with E-state index in [-0.39, 0.29) is 17.2 Å². The van der Waals surface area contributed by atoms with Crippen molar-refractivity contribution in [3.8, 4) is 0 Å². The third-order valence-electron chi connectivity index (χ3n) is 5.41. The lowest BCUT2D eigenvalue weighted by Gasteiger charge is -2.12. The Morgan fingerprint density at radius 1 is 0.939 bits per heavy atom. The molecule has 0 fully saturated rings. The molecule has 0 radical (unpaired) electrons. The quantitative estimate of drug-likeness (QED) is 0.337. The van der Waals surface area contributed by atoms with Crippen LogP contribution in [0.15, 0.2) is 75.6 Å². The number of hydrogen-bond donors (Lipinski definition) is 1. The van der Waals surface area contributed by atoms with Crippen LogP contribution in [-0.2, 0) is 17.9 Å². The van der Waals surface area contributed by atoms with Crippen LogP contribution in [-0.4, -0.2) is 15.0 Å². The van der Waals surface area contributed by atoms with Crippen LogP contribution in [0.25, 0.3) is 10.2 Å². The van der Waals surface area contributed by atoms with Crippen molar-refractivity contribution in [2.75, 3.05) is 5.32 Å². The molecule has 6 nitrogen and oxygen atoms in total. The Morgan fingerprint density at radius 2 is 1.76 bits per heavy atom. The summed E-state index contributed by atoms with van der Waals surface area (Å²) < 4.78 is 3.51. The fourth-order valence-electron chi connectivity index (χ4n) is 3.78. The highest BCUT2D eigenvalue weighted by atomic mass is 35.5. The second kappa shape index (κ2) is 10.6. The maximum absolute atomic E-state index is 13.2. The summed E-state index contributed by atoms with van der Waals surface area (Å²) in [6.07, 6.45) is 2.46. The molecule has 1 N–H and O–H groups in total. The van der Waals surface area contributed by atoms with Crippen molar-refractivity contribution in [2.45, 2.75) is 38.8 Å². The van der Waals surface area contributed by atoms with Crippen molar-refractivity contribution in [3.05, 3.63) is 97.5 Å². The molecule has 0 saturated heterocycles. The van der Waals surface area contributed by atoms with Crippen molar-refractivity contribution in [1.29, 1.82) is 0 Å². The Bertz CT molecular complexity index is 1380. The maximum atomic E-state index is 13.2. The van der Waals surface area contributed by atoms with Crippen LogP contribution >= 0.6 is 22.9 Å². The van der Waals surface area contributed by atoms with Gasteiger partial charge in [0.1, 0.15) is 4.70 Å². The smallest absolute Gasteiger partial charge is 0.326 e. The number of benzene rings is 2. The van der Waals surface area contributed by atoms with E-state index in [2.05, 4.69) is 5.32 Å². The molecule has 4 rings (SSSR count). The van der Waals surface area contributed by atoms with E-state index in [0.29, 0.717) is 47.6 Å². The van der Waals surface area contributed by atoms with E-state index >= 15 is 0 Å². The third-order valence-corrected chi connectivity index (χ3v) is 6.54. The van der Waals surface area contributed by atoms with Gasteiger partial charge < -0.3 is 5.32 Å². The Kier molecular flexibility index (Phi) is 7.42. The predicted octanol–water partition coefficient (Wildman–Crippen LogP) is 5.13. The van der Waals surface area contributed by atoms with E-state index < -0.39 is 0 Å². The first kappa shape index (κ1) is 23.0. The van der Waals surface area contributed by atoms with Crippen LogP contribution < -0.4 is 16.6 Å². The molecule has 170 valence electrons. The van der Waals surface area contributed by atoms with Gasteiger partial charge in [-0.2, -0.15) is 0 Å². The number of nitrogens with one attached hydrogen (secondary N) is 1. The van der Waals surface area contributed by atoms with Gasteiger partial charge in [0.15, 0.2) is 0 Å². The van der Waals surface area contributed by atoms with Crippen molar-refractivity contribution in [2.24, 2.45) is 0 Å². The first-order chi connectivity index (χ1) is 16.0. The number of halogens is 1. The summed E-state index contributed by atoms with van der Waals surface area (Å²) in [5.74, 6) is -0.0396. The molecule has 2 aromatic heterocycles. The molecule has 2 heterocycles. The normalized spacial score (nSPS) is 11.1. The van der Waals surface area contributed by atoms with E-state index in [1.165, 1.54) is 15.9 Å². The van der Waals surface area contributed by atoms with Gasteiger partial charge in [-0.3, -0.25) is 18.7 Å². The number of thiophene rings is 1. The van der Waals surface area contributed by atoms with Gasteiger partial charge in [0.25, 0.3) is 5.56 Å². The molecule has 8 heteroatoms. The van der Waals surface area contributed by atoms with Gasteiger partial charge in [-0.25, -0.2) is 4.79 Å². The molecule has 33 heavy (non-hydrogen) atoms. The van der Waals surface area contributed by atoms with E-state index in [9.17, 15) is 14.4 Å². The highest BCUT2D eigenvalue weighted by Gasteiger charge is 2.14. The fraction of sp³-hybridized carbons (Fsp3) is 0.240. The summed E-state index contributed by atoms with van der Waals surface area (Å²) >= 11 is 7.44. The fourth-order valence-corrected chi connectivity index (χ4v) is 4.83. The van der Waals surface area contributed by atoms with Gasteiger partial charge in [-0.1, -0.05) is 48.4 Å². The molecule has 0 atom stereocenters. The molecule has 0 unspecified atom stereocenters. The summed E-state index contributed by atoms with van der Waals surface area (Å²) in [5.41, 5.74) is 1.73. The Labute approximate surface area is 200 Å². The van der Waals surface area contributed by atoms with Crippen molar-refractivity contribution in [1.82, 2.24) is 9.13 Å². The van der Waals surface area contributed by atoms with Crippen molar-refractivity contribution in [3.63, 3.8) is 0 Å². The van der Waals surface area contributed by atoms with Gasteiger partial charge in [0, 0.05) is 23.7 Å². The lowest BCUT2D eigenvalue weighted by atomic mass is 10.2. The lowest BCUT2D eigenvalue weighted by Crippen LogP contribution is -2.39. The van der Waals surface area contributed by atoms with Gasteiger partial charge >= 0.3 is 5.69 Å². The minimum Gasteiger partial charge on any atom is -0.326 e. The summed E-state index contributed by atoms with van der Waals surface area (Å²) in [6.45, 7) is 0.661. The number of carbonyl (C=O) groups is 1. The Morgan fingerprint density at radius 3 is 2.55 bits per heavy atom. The van der Waals surface area contributed by atoms with Crippen LogP contribution in [0.5, 0.6) is 0 Å². The molecule has 1 amide bonds. The summed E-state index contributed by atoms with van der Waals surface area (Å²) in [5, 5.41) is 5.30. The topological polar surface area (TPSA) is 73.1 Å². The van der Waals surface area contributed by atoms with Crippen molar-refractivity contribution >= 4 is 44.7 Å². The number of rotatable bonds is 9. The third kappa shape index (κ3) is 5.61. The van der Waals surface area contributed by atoms with E-state index in [1.807, 2.05) is 60.0 Å². The van der Waals surface area contributed by atoms with Crippen molar-refractivity contribution < 1.29 is 4.79 Å². The zero-order valence-corrected chi connectivity index (χ0v) is 19.6. The van der Waals surface area contributed by atoms with Gasteiger partial charge in [-0.05, 0) is 54.1 Å². The largest absolute Gasteiger partial charge is 0.331 e. The summed E-state index contributed by atoms with van der Waals surface area (Å²) in [4.78, 5) is 38.2. The average Bonchev–Trinajstić information content (AvgIpc) is 3.29.